The van der Waals surface area contributed by atoms with Gasteiger partial charge in [0.05, 0.1) is 24.2 Å². The van der Waals surface area contributed by atoms with Gasteiger partial charge < -0.3 is 5.32 Å². The van der Waals surface area contributed by atoms with Crippen molar-refractivity contribution in [3.8, 4) is 0 Å². The number of benzene rings is 2. The van der Waals surface area contributed by atoms with Crippen molar-refractivity contribution in [2.24, 2.45) is 5.10 Å². The van der Waals surface area contributed by atoms with Crippen LogP contribution in [0.3, 0.4) is 0 Å². The Balaban J connectivity index is 1.73. The molecule has 0 saturated heterocycles. The van der Waals surface area contributed by atoms with Crippen LogP contribution < -0.4 is 15.5 Å². The molecule has 2 aromatic rings. The number of rotatable bonds is 8. The summed E-state index contributed by atoms with van der Waals surface area (Å²) in [7, 11) is -3.80. The molecule has 0 spiro atoms. The van der Waals surface area contributed by atoms with Gasteiger partial charge in [0, 0.05) is 5.02 Å². The van der Waals surface area contributed by atoms with Gasteiger partial charge in [0.2, 0.25) is 15.9 Å². The van der Waals surface area contributed by atoms with Crippen molar-refractivity contribution in [1.29, 1.82) is 0 Å². The van der Waals surface area contributed by atoms with E-state index in [0.717, 1.165) is 11.1 Å². The van der Waals surface area contributed by atoms with Gasteiger partial charge in [0.25, 0.3) is 5.91 Å². The predicted molar refractivity (Wildman–Crippen MR) is 107 cm³/mol. The van der Waals surface area contributed by atoms with E-state index in [0.29, 0.717) is 5.02 Å². The van der Waals surface area contributed by atoms with Crippen molar-refractivity contribution in [3.63, 3.8) is 0 Å². The Morgan fingerprint density at radius 3 is 2.29 bits per heavy atom. The molecule has 0 atom stereocenters. The van der Waals surface area contributed by atoms with Gasteiger partial charge in [-0.1, -0.05) is 41.4 Å². The maximum atomic E-state index is 12.1. The average molecular weight is 423 g/mol. The largest absolute Gasteiger partial charge is 0.346 e. The summed E-state index contributed by atoms with van der Waals surface area (Å²) in [6.07, 6.45) is 1.42. The van der Waals surface area contributed by atoms with E-state index in [1.807, 2.05) is 6.92 Å². The van der Waals surface area contributed by atoms with Crippen LogP contribution in [0.15, 0.2) is 58.5 Å². The molecule has 2 rings (SSSR count). The van der Waals surface area contributed by atoms with E-state index in [1.165, 1.54) is 18.3 Å². The fourth-order valence-corrected chi connectivity index (χ4v) is 3.08. The number of carbonyl (C=O) groups excluding carboxylic acids is 2. The second-order valence-corrected chi connectivity index (χ2v) is 7.96. The van der Waals surface area contributed by atoms with Crippen molar-refractivity contribution >= 4 is 39.7 Å². The monoisotopic (exact) mass is 422 g/mol. The molecule has 0 aliphatic rings. The normalized spacial score (nSPS) is 11.4. The van der Waals surface area contributed by atoms with E-state index in [9.17, 15) is 18.0 Å². The van der Waals surface area contributed by atoms with E-state index in [2.05, 4.69) is 20.6 Å². The minimum absolute atomic E-state index is 0.0557. The SMILES string of the molecule is Cc1ccc(S(=O)(=O)NCC(=O)NCC(=O)N/N=C\c2ccc(Cl)cc2)cc1. The topological polar surface area (TPSA) is 117 Å². The molecule has 0 radical (unpaired) electrons. The van der Waals surface area contributed by atoms with Crippen molar-refractivity contribution < 1.29 is 18.0 Å². The van der Waals surface area contributed by atoms with Crippen LogP contribution in [0.25, 0.3) is 0 Å². The fourth-order valence-electron chi connectivity index (χ4n) is 1.97. The molecule has 8 nitrogen and oxygen atoms in total. The van der Waals surface area contributed by atoms with Gasteiger partial charge in [-0.15, -0.1) is 0 Å². The number of hydrogen-bond donors (Lipinski definition) is 3. The van der Waals surface area contributed by atoms with Crippen LogP contribution in [-0.4, -0.2) is 39.5 Å². The Morgan fingerprint density at radius 1 is 1.00 bits per heavy atom. The lowest BCUT2D eigenvalue weighted by molar-refractivity contribution is -0.125. The second kappa shape index (κ2) is 9.98. The van der Waals surface area contributed by atoms with E-state index < -0.39 is 28.4 Å². The molecule has 0 fully saturated rings. The summed E-state index contributed by atoms with van der Waals surface area (Å²) in [5.74, 6) is -1.20. The summed E-state index contributed by atoms with van der Waals surface area (Å²) < 4.78 is 26.3. The highest BCUT2D eigenvalue weighted by Crippen LogP contribution is 2.09. The van der Waals surface area contributed by atoms with Gasteiger partial charge in [0.1, 0.15) is 0 Å². The summed E-state index contributed by atoms with van der Waals surface area (Å²) >= 11 is 5.76. The maximum Gasteiger partial charge on any atom is 0.259 e. The van der Waals surface area contributed by atoms with E-state index in [4.69, 9.17) is 11.6 Å². The van der Waals surface area contributed by atoms with E-state index >= 15 is 0 Å². The number of hydrazone groups is 1. The smallest absolute Gasteiger partial charge is 0.259 e. The third-order valence-corrected chi connectivity index (χ3v) is 5.14. The third kappa shape index (κ3) is 7.10. The fraction of sp³-hybridized carbons (Fsp3) is 0.167. The Morgan fingerprint density at radius 2 is 1.64 bits per heavy atom. The molecule has 2 amide bonds. The Kier molecular flexibility index (Phi) is 7.68. The van der Waals surface area contributed by atoms with Crippen LogP contribution in [0.1, 0.15) is 11.1 Å². The first kappa shape index (κ1) is 21.5. The van der Waals surface area contributed by atoms with Crippen molar-refractivity contribution in [3.05, 3.63) is 64.7 Å². The number of nitrogens with one attached hydrogen (secondary N) is 3. The molecule has 3 N–H and O–H groups in total. The lowest BCUT2D eigenvalue weighted by atomic mass is 10.2. The standard InChI is InChI=1S/C18H19ClN4O4S/c1-13-2-8-16(9-3-13)28(26,27)22-12-17(24)20-11-18(25)23-21-10-14-4-6-15(19)7-5-14/h2-10,22H,11-12H2,1H3,(H,20,24)(H,23,25)/b21-10-. The molecule has 0 aliphatic heterocycles. The molecule has 28 heavy (non-hydrogen) atoms. The Labute approximate surface area is 168 Å². The summed E-state index contributed by atoms with van der Waals surface area (Å²) in [6, 6.07) is 13.0. The Hall–Kier alpha value is -2.75. The molecule has 0 bridgehead atoms. The minimum atomic E-state index is -3.80. The van der Waals surface area contributed by atoms with Gasteiger partial charge in [-0.25, -0.2) is 18.6 Å². The zero-order valence-corrected chi connectivity index (χ0v) is 16.5. The quantitative estimate of drug-likeness (QED) is 0.437. The molecule has 0 unspecified atom stereocenters. The number of amides is 2. The first-order valence-electron chi connectivity index (χ1n) is 8.17. The molecule has 10 heteroatoms. The van der Waals surface area contributed by atoms with Crippen LogP contribution in [-0.2, 0) is 19.6 Å². The third-order valence-electron chi connectivity index (χ3n) is 3.47. The molecular formula is C18H19ClN4O4S. The predicted octanol–water partition coefficient (Wildman–Crippen LogP) is 1.19. The van der Waals surface area contributed by atoms with Crippen molar-refractivity contribution in [1.82, 2.24) is 15.5 Å². The highest BCUT2D eigenvalue weighted by Gasteiger charge is 2.15. The summed E-state index contributed by atoms with van der Waals surface area (Å²) in [6.45, 7) is 1.00. The molecular weight excluding hydrogens is 404 g/mol. The number of aryl methyl sites for hydroxylation is 1. The van der Waals surface area contributed by atoms with Crippen molar-refractivity contribution in [2.45, 2.75) is 11.8 Å². The van der Waals surface area contributed by atoms with Crippen LogP contribution in [0.4, 0.5) is 0 Å². The number of halogens is 1. The van der Waals surface area contributed by atoms with Gasteiger partial charge in [-0.2, -0.15) is 5.10 Å². The maximum absolute atomic E-state index is 12.1. The first-order chi connectivity index (χ1) is 13.3. The molecule has 0 saturated carbocycles. The van der Waals surface area contributed by atoms with Crippen LogP contribution in [0.5, 0.6) is 0 Å². The van der Waals surface area contributed by atoms with Crippen LogP contribution in [0.2, 0.25) is 5.02 Å². The summed E-state index contributed by atoms with van der Waals surface area (Å²) in [5.41, 5.74) is 3.90. The molecule has 0 aliphatic carbocycles. The highest BCUT2D eigenvalue weighted by molar-refractivity contribution is 7.89. The first-order valence-corrected chi connectivity index (χ1v) is 10.0. The lowest BCUT2D eigenvalue weighted by Crippen LogP contribution is -2.41. The van der Waals surface area contributed by atoms with E-state index in [1.54, 1.807) is 36.4 Å². The second-order valence-electron chi connectivity index (χ2n) is 5.76. The lowest BCUT2D eigenvalue weighted by Gasteiger charge is -2.07. The van der Waals surface area contributed by atoms with Gasteiger partial charge >= 0.3 is 0 Å². The van der Waals surface area contributed by atoms with Gasteiger partial charge in [0.15, 0.2) is 0 Å². The zero-order valence-electron chi connectivity index (χ0n) is 15.0. The molecule has 0 heterocycles. The van der Waals surface area contributed by atoms with Crippen LogP contribution >= 0.6 is 11.6 Å². The number of carbonyl (C=O) groups is 2. The van der Waals surface area contributed by atoms with Crippen molar-refractivity contribution in [2.75, 3.05) is 13.1 Å². The molecule has 2 aromatic carbocycles. The number of hydrogen-bond acceptors (Lipinski definition) is 5. The Bertz CT molecular complexity index is 958. The summed E-state index contributed by atoms with van der Waals surface area (Å²) in [4.78, 5) is 23.4. The van der Waals surface area contributed by atoms with Gasteiger partial charge in [-0.05, 0) is 36.8 Å². The van der Waals surface area contributed by atoms with Crippen LogP contribution in [0, 0.1) is 6.92 Å². The zero-order chi connectivity index (χ0) is 20.6. The van der Waals surface area contributed by atoms with E-state index in [-0.39, 0.29) is 11.4 Å². The minimum Gasteiger partial charge on any atom is -0.346 e. The average Bonchev–Trinajstić information content (AvgIpc) is 2.67. The van der Waals surface area contributed by atoms with Gasteiger partial charge in [-0.3, -0.25) is 9.59 Å². The molecule has 148 valence electrons. The molecule has 0 aromatic heterocycles. The number of sulfonamides is 1. The highest BCUT2D eigenvalue weighted by atomic mass is 35.5. The number of nitrogens with zero attached hydrogens (tertiary/aromatic N) is 1. The summed E-state index contributed by atoms with van der Waals surface area (Å²) in [5, 5.41) is 6.64.